The summed E-state index contributed by atoms with van der Waals surface area (Å²) in [5.74, 6) is -1.51. The average Bonchev–Trinajstić information content (AvgIpc) is 2.69. The highest BCUT2D eigenvalue weighted by Crippen LogP contribution is 2.68. The van der Waals surface area contributed by atoms with Crippen LogP contribution >= 0.6 is 0 Å². The van der Waals surface area contributed by atoms with Gasteiger partial charge >= 0.3 is 5.97 Å². The van der Waals surface area contributed by atoms with Crippen LogP contribution in [0.15, 0.2) is 11.1 Å². The second-order valence-electron chi connectivity index (χ2n) is 11.0. The van der Waals surface area contributed by atoms with E-state index in [1.807, 2.05) is 0 Å². The number of carbonyl (C=O) groups is 2. The molecular formula is C23H34O9. The molecule has 32 heavy (non-hydrogen) atoms. The number of ketones is 1. The smallest absolute Gasteiger partial charge is 0.303 e. The highest BCUT2D eigenvalue weighted by Gasteiger charge is 2.81. The lowest BCUT2D eigenvalue weighted by Crippen LogP contribution is -2.85. The van der Waals surface area contributed by atoms with Crippen LogP contribution in [0.1, 0.15) is 54.4 Å². The standard InChI is InChI=1S/C23H34O9/c1-10-12(25)8-22(29)18(32-11(2)24)21(6)20(5,13(26)7-14-23(21,30)9-31-14)17(28)16(27)15(10)19(22,3)4/h12-14,16,18,25-27,29-30H,7-9H2,1-6H3/t12-,13-,14+,16+,18-,20-,21-,22+,23-/m0/s1. The average molecular weight is 455 g/mol. The number of hydrogen-bond donors (Lipinski definition) is 5. The van der Waals surface area contributed by atoms with E-state index in [0.717, 1.165) is 6.92 Å². The maximum absolute atomic E-state index is 14.0. The van der Waals surface area contributed by atoms with Gasteiger partial charge in [0.25, 0.3) is 0 Å². The van der Waals surface area contributed by atoms with E-state index in [0.29, 0.717) is 5.57 Å². The van der Waals surface area contributed by atoms with Crippen molar-refractivity contribution in [1.29, 1.82) is 0 Å². The topological polar surface area (TPSA) is 154 Å². The SMILES string of the molecule is CC(=O)O[C@H]1[C@]2(C)[C@]3(O)CO[C@@H]3C[C@H](O)[C@@]2(C)C(=O)[C@H](O)C2=C(C)[C@@H](O)C[C@]1(O)C2(C)C. The third kappa shape index (κ3) is 2.34. The first-order valence-corrected chi connectivity index (χ1v) is 11.0. The molecule has 0 unspecified atom stereocenters. The van der Waals surface area contributed by atoms with Gasteiger partial charge in [0, 0.05) is 25.2 Å². The molecule has 5 N–H and O–H groups in total. The van der Waals surface area contributed by atoms with Gasteiger partial charge in [-0.3, -0.25) is 9.59 Å². The van der Waals surface area contributed by atoms with E-state index in [2.05, 4.69) is 0 Å². The zero-order valence-corrected chi connectivity index (χ0v) is 19.4. The van der Waals surface area contributed by atoms with Crippen molar-refractivity contribution >= 4 is 11.8 Å². The lowest BCUT2D eigenvalue weighted by Gasteiger charge is -2.71. The summed E-state index contributed by atoms with van der Waals surface area (Å²) in [5, 5.41) is 57.4. The molecule has 9 heteroatoms. The Morgan fingerprint density at radius 2 is 1.69 bits per heavy atom. The summed E-state index contributed by atoms with van der Waals surface area (Å²) in [6.45, 7) is 8.73. The van der Waals surface area contributed by atoms with E-state index < -0.39 is 69.7 Å². The van der Waals surface area contributed by atoms with Gasteiger partial charge in [-0.1, -0.05) is 20.8 Å². The zero-order valence-electron chi connectivity index (χ0n) is 19.4. The number of rotatable bonds is 1. The molecule has 180 valence electrons. The van der Waals surface area contributed by atoms with Gasteiger partial charge in [-0.15, -0.1) is 0 Å². The van der Waals surface area contributed by atoms with E-state index >= 15 is 0 Å². The predicted molar refractivity (Wildman–Crippen MR) is 110 cm³/mol. The fraction of sp³-hybridized carbons (Fsp3) is 0.826. The van der Waals surface area contributed by atoms with Crippen LogP contribution in [0, 0.1) is 16.2 Å². The molecule has 0 aromatic carbocycles. The molecule has 1 saturated heterocycles. The molecule has 3 fully saturated rings. The van der Waals surface area contributed by atoms with Crippen LogP contribution in [0.3, 0.4) is 0 Å². The molecule has 0 aromatic heterocycles. The lowest BCUT2D eigenvalue weighted by molar-refractivity contribution is -0.381. The first-order valence-electron chi connectivity index (χ1n) is 11.0. The van der Waals surface area contributed by atoms with Gasteiger partial charge in [0.05, 0.1) is 35.7 Å². The number of aliphatic hydroxyl groups is 5. The van der Waals surface area contributed by atoms with Crippen LogP contribution in [0.2, 0.25) is 0 Å². The zero-order chi connectivity index (χ0) is 24.2. The van der Waals surface area contributed by atoms with Crippen LogP contribution in [-0.2, 0) is 19.1 Å². The van der Waals surface area contributed by atoms with Crippen molar-refractivity contribution in [3.63, 3.8) is 0 Å². The van der Waals surface area contributed by atoms with E-state index in [4.69, 9.17) is 9.47 Å². The maximum atomic E-state index is 14.0. The number of aliphatic hydroxyl groups excluding tert-OH is 3. The van der Waals surface area contributed by atoms with Crippen molar-refractivity contribution in [1.82, 2.24) is 0 Å². The highest BCUT2D eigenvalue weighted by atomic mass is 16.6. The summed E-state index contributed by atoms with van der Waals surface area (Å²) in [7, 11) is 0. The van der Waals surface area contributed by atoms with Crippen molar-refractivity contribution < 1.29 is 44.6 Å². The monoisotopic (exact) mass is 454 g/mol. The van der Waals surface area contributed by atoms with Crippen molar-refractivity contribution in [2.75, 3.05) is 6.61 Å². The van der Waals surface area contributed by atoms with Gasteiger partial charge < -0.3 is 35.0 Å². The van der Waals surface area contributed by atoms with Crippen LogP contribution in [-0.4, -0.2) is 85.6 Å². The van der Waals surface area contributed by atoms with Gasteiger partial charge in [0.1, 0.15) is 23.4 Å². The minimum absolute atomic E-state index is 0.0592. The fourth-order valence-electron chi connectivity index (χ4n) is 7.13. The van der Waals surface area contributed by atoms with Crippen LogP contribution < -0.4 is 0 Å². The minimum Gasteiger partial charge on any atom is -0.459 e. The first kappa shape index (κ1) is 23.8. The van der Waals surface area contributed by atoms with Crippen LogP contribution in [0.25, 0.3) is 0 Å². The van der Waals surface area contributed by atoms with Gasteiger partial charge in [-0.2, -0.15) is 0 Å². The highest BCUT2D eigenvalue weighted by molar-refractivity contribution is 5.94. The molecule has 0 amide bonds. The van der Waals surface area contributed by atoms with Crippen molar-refractivity contribution in [2.24, 2.45) is 16.2 Å². The Morgan fingerprint density at radius 3 is 2.19 bits per heavy atom. The number of carbonyl (C=O) groups excluding carboxylic acids is 2. The maximum Gasteiger partial charge on any atom is 0.303 e. The Morgan fingerprint density at radius 1 is 1.09 bits per heavy atom. The number of fused-ring (bicyclic) bond motifs is 5. The molecule has 4 aliphatic rings. The molecule has 1 heterocycles. The van der Waals surface area contributed by atoms with Gasteiger partial charge in [-0.05, 0) is 25.0 Å². The molecule has 3 aliphatic carbocycles. The van der Waals surface area contributed by atoms with Crippen LogP contribution in [0.5, 0.6) is 0 Å². The molecule has 9 nitrogen and oxygen atoms in total. The molecule has 2 saturated carbocycles. The molecule has 2 bridgehead atoms. The first-order chi connectivity index (χ1) is 14.5. The Bertz CT molecular complexity index is 911. The summed E-state index contributed by atoms with van der Waals surface area (Å²) in [6, 6.07) is 0. The molecule has 9 atom stereocenters. The summed E-state index contributed by atoms with van der Waals surface area (Å²) in [5.41, 5.74) is -8.13. The third-order valence-electron chi connectivity index (χ3n) is 9.58. The van der Waals surface area contributed by atoms with Gasteiger partial charge in [0.15, 0.2) is 5.78 Å². The van der Waals surface area contributed by atoms with Crippen LogP contribution in [0.4, 0.5) is 0 Å². The number of ether oxygens (including phenoxy) is 2. The van der Waals surface area contributed by atoms with Crippen molar-refractivity contribution in [2.45, 2.75) is 96.1 Å². The van der Waals surface area contributed by atoms with Crippen molar-refractivity contribution in [3.8, 4) is 0 Å². The normalized spacial score (nSPS) is 52.2. The Balaban J connectivity index is 2.13. The van der Waals surface area contributed by atoms with Gasteiger partial charge in [-0.25, -0.2) is 0 Å². The Kier molecular flexibility index (Phi) is 4.91. The van der Waals surface area contributed by atoms with E-state index in [-0.39, 0.29) is 25.0 Å². The van der Waals surface area contributed by atoms with E-state index in [1.54, 1.807) is 20.8 Å². The molecule has 0 aromatic rings. The molecule has 1 aliphatic heterocycles. The summed E-state index contributed by atoms with van der Waals surface area (Å²) < 4.78 is 11.3. The minimum atomic E-state index is -1.99. The molecule has 0 spiro atoms. The molecular weight excluding hydrogens is 420 g/mol. The molecule has 4 rings (SSSR count). The van der Waals surface area contributed by atoms with E-state index in [1.165, 1.54) is 13.8 Å². The second kappa shape index (κ2) is 6.61. The van der Waals surface area contributed by atoms with E-state index in [9.17, 15) is 35.1 Å². The fourth-order valence-corrected chi connectivity index (χ4v) is 7.13. The van der Waals surface area contributed by atoms with Gasteiger partial charge in [0.2, 0.25) is 0 Å². The molecule has 0 radical (unpaired) electrons. The Hall–Kier alpha value is -1.36. The Labute approximate surface area is 187 Å². The number of Topliss-reactive ketones (excluding diaryl/α,β-unsaturated/α-hetero) is 1. The number of hydrogen-bond acceptors (Lipinski definition) is 9. The lowest BCUT2D eigenvalue weighted by atomic mass is 9.38. The second-order valence-corrected chi connectivity index (χ2v) is 11.0. The summed E-state index contributed by atoms with van der Waals surface area (Å²) >= 11 is 0. The summed E-state index contributed by atoms with van der Waals surface area (Å²) in [6.07, 6.45) is -6.98. The third-order valence-corrected chi connectivity index (χ3v) is 9.58. The predicted octanol–water partition coefficient (Wildman–Crippen LogP) is -0.393. The summed E-state index contributed by atoms with van der Waals surface area (Å²) in [4.78, 5) is 26.3. The number of esters is 1. The largest absolute Gasteiger partial charge is 0.459 e. The van der Waals surface area contributed by atoms with Crippen molar-refractivity contribution in [3.05, 3.63) is 11.1 Å². The quantitative estimate of drug-likeness (QED) is 0.263.